The Balaban J connectivity index is 0.00000370. The predicted octanol–water partition coefficient (Wildman–Crippen LogP) is 8.78. The lowest BCUT2D eigenvalue weighted by atomic mass is 9.85. The zero-order valence-corrected chi connectivity index (χ0v) is 25.1. The molecule has 1 atom stereocenters. The van der Waals surface area contributed by atoms with Crippen molar-refractivity contribution in [1.29, 1.82) is 0 Å². The minimum absolute atomic E-state index is 0. The van der Waals surface area contributed by atoms with Crippen molar-refractivity contribution in [1.82, 2.24) is 4.90 Å². The second kappa shape index (κ2) is 14.1. The first-order chi connectivity index (χ1) is 18.9. The summed E-state index contributed by atoms with van der Waals surface area (Å²) in [5.74, 6) is -0.890. The Morgan fingerprint density at radius 3 is 2.30 bits per heavy atom. The van der Waals surface area contributed by atoms with Crippen molar-refractivity contribution in [2.75, 3.05) is 19.6 Å². The number of likely N-dealkylation sites (tertiary alicyclic amines) is 1. The van der Waals surface area contributed by atoms with Crippen LogP contribution in [0.25, 0.3) is 10.8 Å². The summed E-state index contributed by atoms with van der Waals surface area (Å²) in [4.78, 5) is 16.4. The summed E-state index contributed by atoms with van der Waals surface area (Å²) in [7, 11) is 0. The first-order valence-electron chi connectivity index (χ1n) is 13.3. The maximum Gasteiger partial charge on any atom is 0.249 e. The number of carbonyl (C=O) groups is 1. The van der Waals surface area contributed by atoms with Gasteiger partial charge in [0, 0.05) is 15.5 Å². The molecule has 1 amide bonds. The fraction of sp³-hybridized carbons (Fsp3) is 0.281. The van der Waals surface area contributed by atoms with Crippen LogP contribution in [0.5, 0.6) is 0 Å². The number of piperidine rings is 1. The average Bonchev–Trinajstić information content (AvgIpc) is 2.94. The lowest BCUT2D eigenvalue weighted by Gasteiger charge is -2.33. The number of hydrogen-bond acceptors (Lipinski definition) is 3. The van der Waals surface area contributed by atoms with E-state index in [9.17, 15) is 4.79 Å². The molecule has 4 aromatic carbocycles. The van der Waals surface area contributed by atoms with E-state index in [-0.39, 0.29) is 24.1 Å². The molecule has 4 aromatic rings. The van der Waals surface area contributed by atoms with Gasteiger partial charge in [0.1, 0.15) is 5.82 Å². The van der Waals surface area contributed by atoms with E-state index >= 15 is 4.39 Å². The van der Waals surface area contributed by atoms with Gasteiger partial charge in [-0.2, -0.15) is 0 Å². The molecular weight excluding hydrogens is 586 g/mol. The monoisotopic (exact) mass is 616 g/mol. The highest BCUT2D eigenvalue weighted by Gasteiger charge is 2.24. The van der Waals surface area contributed by atoms with Crippen LogP contribution in [-0.4, -0.2) is 35.7 Å². The maximum atomic E-state index is 15.1. The molecule has 1 fully saturated rings. The molecule has 3 nitrogen and oxygen atoms in total. The van der Waals surface area contributed by atoms with Gasteiger partial charge < -0.3 is 10.6 Å². The molecule has 8 heteroatoms. The molecule has 5 rings (SSSR count). The number of fused-ring (bicyclic) bond motifs is 1. The third-order valence-electron chi connectivity index (χ3n) is 7.58. The van der Waals surface area contributed by atoms with Crippen LogP contribution >= 0.6 is 47.4 Å². The Hall–Kier alpha value is -2.28. The van der Waals surface area contributed by atoms with Crippen molar-refractivity contribution in [2.24, 2.45) is 5.73 Å². The molecule has 210 valence electrons. The van der Waals surface area contributed by atoms with Crippen LogP contribution in [0.1, 0.15) is 46.7 Å². The molecule has 1 heterocycles. The van der Waals surface area contributed by atoms with E-state index in [1.807, 2.05) is 23.9 Å². The molecule has 1 aliphatic rings. The molecule has 0 spiro atoms. The smallest absolute Gasteiger partial charge is 0.249 e. The van der Waals surface area contributed by atoms with Crippen molar-refractivity contribution >= 4 is 64.1 Å². The van der Waals surface area contributed by atoms with Gasteiger partial charge in [0.15, 0.2) is 0 Å². The number of amides is 1. The molecule has 2 N–H and O–H groups in total. The quantitative estimate of drug-likeness (QED) is 0.204. The van der Waals surface area contributed by atoms with E-state index in [4.69, 9.17) is 28.9 Å². The van der Waals surface area contributed by atoms with Gasteiger partial charge in [-0.3, -0.25) is 4.79 Å². The fourth-order valence-electron chi connectivity index (χ4n) is 5.54. The highest BCUT2D eigenvalue weighted by atomic mass is 35.5. The Morgan fingerprint density at radius 1 is 0.950 bits per heavy atom. The summed E-state index contributed by atoms with van der Waals surface area (Å²) in [6, 6.07) is 24.7. The molecule has 0 bridgehead atoms. The van der Waals surface area contributed by atoms with Gasteiger partial charge in [0.2, 0.25) is 5.91 Å². The standard InChI is InChI=1S/C32H31Cl2FN2OS.ClH/c33-28-11-10-21(19-29(28)34)22(12-15-37-16-13-25(14-17-37)39-24-6-2-1-3-7-24)18-23-20-30(35)26-8-4-5-9-27(26)31(23)32(36)38;/h1-11,19-20,22,25H,12-18H2,(H2,36,38);1H. The molecule has 0 aromatic heterocycles. The van der Waals surface area contributed by atoms with Crippen LogP contribution in [0.3, 0.4) is 0 Å². The van der Waals surface area contributed by atoms with Crippen molar-refractivity contribution in [3.05, 3.63) is 111 Å². The SMILES string of the molecule is Cl.NC(=O)c1c(CC(CCN2CCC(Sc3ccccc3)CC2)c2ccc(Cl)c(Cl)c2)cc(F)c2ccccc12. The van der Waals surface area contributed by atoms with Gasteiger partial charge in [-0.15, -0.1) is 24.2 Å². The molecule has 40 heavy (non-hydrogen) atoms. The topological polar surface area (TPSA) is 46.3 Å². The van der Waals surface area contributed by atoms with Gasteiger partial charge in [0.05, 0.1) is 15.6 Å². The lowest BCUT2D eigenvalue weighted by Crippen LogP contribution is -2.36. The molecule has 1 unspecified atom stereocenters. The molecule has 1 saturated heterocycles. The lowest BCUT2D eigenvalue weighted by molar-refractivity contribution is 0.100. The maximum absolute atomic E-state index is 15.1. The molecule has 0 aliphatic carbocycles. The van der Waals surface area contributed by atoms with E-state index in [0.29, 0.717) is 43.6 Å². The number of nitrogens with two attached hydrogens (primary N) is 1. The Kier molecular flexibility index (Phi) is 10.8. The Labute approximate surface area is 255 Å². The number of carbonyl (C=O) groups excluding carboxylic acids is 1. The van der Waals surface area contributed by atoms with Gasteiger partial charge >= 0.3 is 0 Å². The summed E-state index contributed by atoms with van der Waals surface area (Å²) < 4.78 is 15.1. The van der Waals surface area contributed by atoms with Gasteiger partial charge in [-0.05, 0) is 98.1 Å². The fourth-order valence-corrected chi connectivity index (χ4v) is 6.99. The summed E-state index contributed by atoms with van der Waals surface area (Å²) in [5, 5.41) is 2.54. The molecule has 0 radical (unpaired) electrons. The van der Waals surface area contributed by atoms with Crippen LogP contribution in [0.2, 0.25) is 10.0 Å². The first kappa shape index (κ1) is 30.7. The highest BCUT2D eigenvalue weighted by Crippen LogP contribution is 2.35. The molecule has 1 aliphatic heterocycles. The molecular formula is C32H32Cl3FN2OS. The number of rotatable bonds is 9. The van der Waals surface area contributed by atoms with Crippen LogP contribution in [0.15, 0.2) is 83.8 Å². The minimum Gasteiger partial charge on any atom is -0.366 e. The largest absolute Gasteiger partial charge is 0.366 e. The zero-order chi connectivity index (χ0) is 27.4. The van der Waals surface area contributed by atoms with E-state index in [0.717, 1.165) is 44.5 Å². The van der Waals surface area contributed by atoms with Crippen molar-refractivity contribution < 1.29 is 9.18 Å². The second-order valence-corrected chi connectivity index (χ2v) is 12.3. The third kappa shape index (κ3) is 7.32. The van der Waals surface area contributed by atoms with Crippen LogP contribution in [-0.2, 0) is 6.42 Å². The third-order valence-corrected chi connectivity index (χ3v) is 9.67. The van der Waals surface area contributed by atoms with Gasteiger partial charge in [-0.1, -0.05) is 71.7 Å². The number of thioether (sulfide) groups is 1. The number of halogens is 4. The number of benzene rings is 4. The van der Waals surface area contributed by atoms with Gasteiger partial charge in [-0.25, -0.2) is 4.39 Å². The highest BCUT2D eigenvalue weighted by molar-refractivity contribution is 8.00. The van der Waals surface area contributed by atoms with Crippen molar-refractivity contribution in [3.63, 3.8) is 0 Å². The van der Waals surface area contributed by atoms with E-state index in [1.165, 1.54) is 11.0 Å². The Bertz CT molecular complexity index is 1460. The van der Waals surface area contributed by atoms with Crippen molar-refractivity contribution in [2.45, 2.75) is 41.7 Å². The summed E-state index contributed by atoms with van der Waals surface area (Å²) in [5.41, 5.74) is 7.86. The first-order valence-corrected chi connectivity index (χ1v) is 14.9. The van der Waals surface area contributed by atoms with E-state index in [1.54, 1.807) is 30.3 Å². The zero-order valence-electron chi connectivity index (χ0n) is 22.0. The second-order valence-electron chi connectivity index (χ2n) is 10.1. The summed E-state index contributed by atoms with van der Waals surface area (Å²) in [6.07, 6.45) is 3.58. The Morgan fingerprint density at radius 2 is 1.62 bits per heavy atom. The van der Waals surface area contributed by atoms with Crippen LogP contribution in [0.4, 0.5) is 4.39 Å². The number of primary amides is 1. The number of nitrogens with zero attached hydrogens (tertiary/aromatic N) is 1. The average molecular weight is 618 g/mol. The van der Waals surface area contributed by atoms with Gasteiger partial charge in [0.25, 0.3) is 0 Å². The van der Waals surface area contributed by atoms with E-state index < -0.39 is 5.91 Å². The summed E-state index contributed by atoms with van der Waals surface area (Å²) in [6.45, 7) is 2.97. The normalized spacial score (nSPS) is 15.1. The predicted molar refractivity (Wildman–Crippen MR) is 169 cm³/mol. The van der Waals surface area contributed by atoms with Crippen molar-refractivity contribution in [3.8, 4) is 0 Å². The number of hydrogen-bond donors (Lipinski definition) is 1. The van der Waals surface area contributed by atoms with Crippen LogP contribution in [0, 0.1) is 5.82 Å². The minimum atomic E-state index is -0.549. The van der Waals surface area contributed by atoms with E-state index in [2.05, 4.69) is 35.2 Å². The van der Waals surface area contributed by atoms with Crippen LogP contribution < -0.4 is 5.73 Å². The molecule has 0 saturated carbocycles. The summed E-state index contributed by atoms with van der Waals surface area (Å²) >= 11 is 14.6.